The second kappa shape index (κ2) is 6.29. The molecule has 1 amide bonds. The van der Waals surface area contributed by atoms with Gasteiger partial charge in [-0.3, -0.25) is 9.69 Å². The van der Waals surface area contributed by atoms with Crippen LogP contribution in [0.1, 0.15) is 28.5 Å². The standard InChI is InChI=1S/C16H18ClFN4O/c1-21-6-5-13(20-16(23)14-8-19-9-22(14)2)15(21)10-3-4-11(17)12(18)7-10/h3-4,7-9,13,15H,5-6H2,1-2H3,(H,20,23). The lowest BCUT2D eigenvalue weighted by atomic mass is 10.00. The quantitative estimate of drug-likeness (QED) is 0.936. The Balaban J connectivity index is 1.82. The summed E-state index contributed by atoms with van der Waals surface area (Å²) in [5.74, 6) is -0.620. The van der Waals surface area contributed by atoms with E-state index < -0.39 is 5.82 Å². The van der Waals surface area contributed by atoms with Gasteiger partial charge in [0, 0.05) is 13.6 Å². The van der Waals surface area contributed by atoms with E-state index in [1.165, 1.54) is 12.3 Å². The number of nitrogens with zero attached hydrogens (tertiary/aromatic N) is 3. The van der Waals surface area contributed by atoms with E-state index >= 15 is 0 Å². The lowest BCUT2D eigenvalue weighted by molar-refractivity contribution is 0.0919. The molecule has 2 atom stereocenters. The third kappa shape index (κ3) is 3.09. The maximum atomic E-state index is 13.8. The Morgan fingerprint density at radius 1 is 1.43 bits per heavy atom. The molecule has 0 saturated carbocycles. The average Bonchev–Trinajstić information content (AvgIpc) is 3.08. The predicted octanol–water partition coefficient (Wildman–Crippen LogP) is 2.39. The SMILES string of the molecule is CN1CCC(NC(=O)c2cncn2C)C1c1ccc(Cl)c(F)c1. The maximum Gasteiger partial charge on any atom is 0.269 e. The zero-order chi connectivity index (χ0) is 16.6. The molecule has 0 aliphatic carbocycles. The number of halogens is 2. The van der Waals surface area contributed by atoms with Crippen LogP contribution in [0.4, 0.5) is 4.39 Å². The highest BCUT2D eigenvalue weighted by molar-refractivity contribution is 6.30. The van der Waals surface area contributed by atoms with Crippen LogP contribution in [-0.2, 0) is 7.05 Å². The van der Waals surface area contributed by atoms with Crippen LogP contribution < -0.4 is 5.32 Å². The van der Waals surface area contributed by atoms with Crippen LogP contribution in [0.3, 0.4) is 0 Å². The summed E-state index contributed by atoms with van der Waals surface area (Å²) >= 11 is 5.76. The molecule has 1 N–H and O–H groups in total. The highest BCUT2D eigenvalue weighted by Gasteiger charge is 2.34. The van der Waals surface area contributed by atoms with E-state index in [2.05, 4.69) is 15.2 Å². The molecule has 0 spiro atoms. The van der Waals surface area contributed by atoms with Crippen molar-refractivity contribution in [1.82, 2.24) is 19.8 Å². The molecule has 5 nitrogen and oxygen atoms in total. The molecule has 3 rings (SSSR count). The van der Waals surface area contributed by atoms with Crippen LogP contribution in [0.25, 0.3) is 0 Å². The first-order valence-corrected chi connectivity index (χ1v) is 7.77. The number of aryl methyl sites for hydroxylation is 1. The number of aromatic nitrogens is 2. The third-order valence-electron chi connectivity index (χ3n) is 4.30. The van der Waals surface area contributed by atoms with E-state index in [4.69, 9.17) is 11.6 Å². The molecule has 2 unspecified atom stereocenters. The number of amides is 1. The first kappa shape index (κ1) is 16.0. The molecule has 7 heteroatoms. The van der Waals surface area contributed by atoms with Crippen molar-refractivity contribution in [2.75, 3.05) is 13.6 Å². The van der Waals surface area contributed by atoms with Crippen molar-refractivity contribution >= 4 is 17.5 Å². The number of carbonyl (C=O) groups excluding carboxylic acids is 1. The lowest BCUT2D eigenvalue weighted by Crippen LogP contribution is -2.39. The molecular formula is C16H18ClFN4O. The fourth-order valence-corrected chi connectivity index (χ4v) is 3.22. The second-order valence-electron chi connectivity index (χ2n) is 5.86. The minimum atomic E-state index is -0.443. The zero-order valence-corrected chi connectivity index (χ0v) is 13.7. The topological polar surface area (TPSA) is 50.2 Å². The summed E-state index contributed by atoms with van der Waals surface area (Å²) in [4.78, 5) is 18.5. The van der Waals surface area contributed by atoms with Gasteiger partial charge in [0.05, 0.1) is 29.6 Å². The number of likely N-dealkylation sites (tertiary alicyclic amines) is 1. The van der Waals surface area contributed by atoms with Gasteiger partial charge in [-0.2, -0.15) is 0 Å². The Hall–Kier alpha value is -1.92. The van der Waals surface area contributed by atoms with Gasteiger partial charge in [-0.25, -0.2) is 9.37 Å². The first-order valence-electron chi connectivity index (χ1n) is 7.39. The minimum absolute atomic E-state index is 0.0843. The average molecular weight is 337 g/mol. The van der Waals surface area contributed by atoms with Crippen molar-refractivity contribution in [3.8, 4) is 0 Å². The number of likely N-dealkylation sites (N-methyl/N-ethyl adjacent to an activating group) is 1. The van der Waals surface area contributed by atoms with Crippen LogP contribution in [0, 0.1) is 5.82 Å². The van der Waals surface area contributed by atoms with Crippen LogP contribution in [0.15, 0.2) is 30.7 Å². The molecule has 1 aliphatic heterocycles. The van der Waals surface area contributed by atoms with Gasteiger partial charge in [-0.15, -0.1) is 0 Å². The van der Waals surface area contributed by atoms with Crippen LogP contribution in [0.2, 0.25) is 5.02 Å². The second-order valence-corrected chi connectivity index (χ2v) is 6.26. The molecular weight excluding hydrogens is 319 g/mol. The van der Waals surface area contributed by atoms with Gasteiger partial charge in [0.25, 0.3) is 5.91 Å². The lowest BCUT2D eigenvalue weighted by Gasteiger charge is -2.26. The molecule has 1 saturated heterocycles. The summed E-state index contributed by atoms with van der Waals surface area (Å²) in [5.41, 5.74) is 1.31. The van der Waals surface area contributed by atoms with Gasteiger partial charge in [0.15, 0.2) is 0 Å². The minimum Gasteiger partial charge on any atom is -0.346 e. The van der Waals surface area contributed by atoms with E-state index in [0.29, 0.717) is 5.69 Å². The summed E-state index contributed by atoms with van der Waals surface area (Å²) in [6.45, 7) is 0.825. The fraction of sp³-hybridized carbons (Fsp3) is 0.375. The number of nitrogens with one attached hydrogen (secondary N) is 1. The van der Waals surface area contributed by atoms with Crippen LogP contribution in [0.5, 0.6) is 0 Å². The number of hydrogen-bond acceptors (Lipinski definition) is 3. The van der Waals surface area contributed by atoms with Crippen LogP contribution >= 0.6 is 11.6 Å². The Labute approximate surface area is 139 Å². The number of rotatable bonds is 3. The van der Waals surface area contributed by atoms with Crippen molar-refractivity contribution in [2.24, 2.45) is 7.05 Å². The Morgan fingerprint density at radius 2 is 2.22 bits per heavy atom. The number of carbonyl (C=O) groups is 1. The van der Waals surface area contributed by atoms with E-state index in [-0.39, 0.29) is 23.0 Å². The van der Waals surface area contributed by atoms with Gasteiger partial charge < -0.3 is 9.88 Å². The summed E-state index contributed by atoms with van der Waals surface area (Å²) in [6.07, 6.45) is 3.92. The van der Waals surface area contributed by atoms with Crippen molar-refractivity contribution in [3.63, 3.8) is 0 Å². The monoisotopic (exact) mass is 336 g/mol. The Kier molecular flexibility index (Phi) is 4.37. The summed E-state index contributed by atoms with van der Waals surface area (Å²) in [7, 11) is 3.74. The fourth-order valence-electron chi connectivity index (χ4n) is 3.10. The Morgan fingerprint density at radius 3 is 2.87 bits per heavy atom. The molecule has 0 radical (unpaired) electrons. The zero-order valence-electron chi connectivity index (χ0n) is 13.0. The number of hydrogen-bond donors (Lipinski definition) is 1. The van der Waals surface area contributed by atoms with Crippen molar-refractivity contribution in [2.45, 2.75) is 18.5 Å². The molecule has 23 heavy (non-hydrogen) atoms. The van der Waals surface area contributed by atoms with Gasteiger partial charge in [0.1, 0.15) is 11.5 Å². The third-order valence-corrected chi connectivity index (χ3v) is 4.61. The van der Waals surface area contributed by atoms with E-state index in [1.807, 2.05) is 7.05 Å². The molecule has 1 fully saturated rings. The van der Waals surface area contributed by atoms with Gasteiger partial charge in [-0.05, 0) is 31.2 Å². The van der Waals surface area contributed by atoms with Crippen molar-refractivity contribution in [1.29, 1.82) is 0 Å². The highest BCUT2D eigenvalue weighted by Crippen LogP contribution is 2.32. The van der Waals surface area contributed by atoms with Gasteiger partial charge in [-0.1, -0.05) is 17.7 Å². The van der Waals surface area contributed by atoms with E-state index in [9.17, 15) is 9.18 Å². The molecule has 1 aromatic carbocycles. The summed E-state index contributed by atoms with van der Waals surface area (Å²) in [6, 6.07) is 4.62. The largest absolute Gasteiger partial charge is 0.346 e. The van der Waals surface area contributed by atoms with Gasteiger partial charge >= 0.3 is 0 Å². The number of imidazole rings is 1. The van der Waals surface area contributed by atoms with E-state index in [0.717, 1.165) is 18.5 Å². The van der Waals surface area contributed by atoms with E-state index in [1.54, 1.807) is 30.1 Å². The molecule has 1 aromatic heterocycles. The molecule has 0 bridgehead atoms. The van der Waals surface area contributed by atoms with Crippen molar-refractivity contribution < 1.29 is 9.18 Å². The predicted molar refractivity (Wildman–Crippen MR) is 85.9 cm³/mol. The smallest absolute Gasteiger partial charge is 0.269 e. The number of benzene rings is 1. The summed E-state index contributed by atoms with van der Waals surface area (Å²) < 4.78 is 15.4. The van der Waals surface area contributed by atoms with Crippen LogP contribution in [-0.4, -0.2) is 40.0 Å². The highest BCUT2D eigenvalue weighted by atomic mass is 35.5. The molecule has 122 valence electrons. The van der Waals surface area contributed by atoms with Crippen molar-refractivity contribution in [3.05, 3.63) is 52.8 Å². The van der Waals surface area contributed by atoms with Gasteiger partial charge in [0.2, 0.25) is 0 Å². The molecule has 2 heterocycles. The maximum absolute atomic E-state index is 13.8. The first-order chi connectivity index (χ1) is 11.0. The molecule has 1 aliphatic rings. The summed E-state index contributed by atoms with van der Waals surface area (Å²) in [5, 5.41) is 3.14. The normalized spacial score (nSPS) is 21.6. The Bertz CT molecular complexity index is 733. The molecule has 2 aromatic rings.